The van der Waals surface area contributed by atoms with Crippen LogP contribution in [0.1, 0.15) is 31.7 Å². The number of benzene rings is 3. The van der Waals surface area contributed by atoms with Gasteiger partial charge in [0.2, 0.25) is 17.7 Å². The van der Waals surface area contributed by atoms with Crippen molar-refractivity contribution in [3.8, 4) is 11.9 Å². The molecule has 7 rings (SSSR count). The average Bonchev–Trinajstić information content (AvgIpc) is 3.66. The van der Waals surface area contributed by atoms with Gasteiger partial charge in [-0.25, -0.2) is 4.90 Å². The number of hydrogen-bond donors (Lipinski definition) is 1. The molecule has 4 atom stereocenters. The van der Waals surface area contributed by atoms with E-state index in [0.29, 0.717) is 58.1 Å². The highest BCUT2D eigenvalue weighted by atomic mass is 16.6. The van der Waals surface area contributed by atoms with Crippen molar-refractivity contribution in [1.29, 1.82) is 5.26 Å². The van der Waals surface area contributed by atoms with E-state index in [0.717, 1.165) is 0 Å². The molecule has 1 aromatic heterocycles. The van der Waals surface area contributed by atoms with Gasteiger partial charge in [-0.1, -0.05) is 24.3 Å². The lowest BCUT2D eigenvalue weighted by Crippen LogP contribution is -2.43. The van der Waals surface area contributed by atoms with Gasteiger partial charge in [-0.05, 0) is 38.0 Å². The van der Waals surface area contributed by atoms with Crippen LogP contribution in [0.2, 0.25) is 0 Å². The molecule has 4 aromatic rings. The summed E-state index contributed by atoms with van der Waals surface area (Å²) in [7, 11) is 0. The number of carbonyl (C=O) groups is 2. The van der Waals surface area contributed by atoms with Crippen LogP contribution in [-0.4, -0.2) is 44.7 Å². The fourth-order valence-corrected chi connectivity index (χ4v) is 6.95. The Bertz CT molecular complexity index is 1810. The molecule has 0 spiro atoms. The van der Waals surface area contributed by atoms with Gasteiger partial charge >= 0.3 is 0 Å². The Balaban J connectivity index is 1.18. The van der Waals surface area contributed by atoms with Crippen LogP contribution in [0.15, 0.2) is 54.6 Å². The largest absolute Gasteiger partial charge is 0.476 e. The van der Waals surface area contributed by atoms with E-state index in [4.69, 9.17) is 9.47 Å². The summed E-state index contributed by atoms with van der Waals surface area (Å²) in [5.41, 5.74) is -0.259. The summed E-state index contributed by atoms with van der Waals surface area (Å²) in [5, 5.41) is 29.5. The lowest BCUT2D eigenvalue weighted by molar-refractivity contribution is -0.384. The molecule has 1 N–H and O–H groups in total. The predicted octanol–water partition coefficient (Wildman–Crippen LogP) is 4.39. The van der Waals surface area contributed by atoms with Gasteiger partial charge in [-0.2, -0.15) is 5.26 Å². The smallest absolute Gasteiger partial charge is 0.271 e. The third-order valence-corrected chi connectivity index (χ3v) is 8.76. The standard InChI is InChI=1S/C29H23N5O6/c1-28-10-11-29(40-28,12-13-39-25-20-8-7-17(34(37)38)14-21(20)31-32-25)24-23(28)26(35)33(27(24)36)22-9-6-16(15-30)18-4-2-3-5-19(18)22/h2-9,14,23-24H,10-13H2,1H3,(H,31,32)/t23-,24+,28-,29-/m0/s1. The molecule has 3 aromatic carbocycles. The Labute approximate surface area is 227 Å². The van der Waals surface area contributed by atoms with Gasteiger partial charge < -0.3 is 9.47 Å². The molecule has 3 saturated heterocycles. The number of nitro groups is 1. The second kappa shape index (κ2) is 8.34. The molecular weight excluding hydrogens is 514 g/mol. The van der Waals surface area contributed by atoms with E-state index in [1.165, 1.54) is 17.0 Å². The SMILES string of the molecule is C[C@@]12CC[C@@](CCOc3n[nH]c4cc([N+](=O)[O-])ccc34)(O1)[C@H]1C(=O)N(c3ccc(C#N)c4ccccc34)C(=O)[C@H]12. The number of carbonyl (C=O) groups excluding carboxylic acids is 2. The molecule has 0 saturated carbocycles. The first-order chi connectivity index (χ1) is 19.3. The number of imide groups is 1. The summed E-state index contributed by atoms with van der Waals surface area (Å²) in [6.07, 6.45) is 1.62. The van der Waals surface area contributed by atoms with Crippen LogP contribution in [-0.2, 0) is 14.3 Å². The number of nitrogens with one attached hydrogen (secondary N) is 1. The van der Waals surface area contributed by atoms with Crippen molar-refractivity contribution in [3.63, 3.8) is 0 Å². The minimum Gasteiger partial charge on any atom is -0.476 e. The Morgan fingerprint density at radius 3 is 2.67 bits per heavy atom. The number of nitro benzene ring substituents is 1. The molecule has 40 heavy (non-hydrogen) atoms. The summed E-state index contributed by atoms with van der Waals surface area (Å²) in [5.74, 6) is -1.55. The van der Waals surface area contributed by atoms with Crippen molar-refractivity contribution < 1.29 is 24.0 Å². The van der Waals surface area contributed by atoms with E-state index >= 15 is 0 Å². The Hall–Kier alpha value is -4.82. The molecule has 3 fully saturated rings. The lowest BCUT2D eigenvalue weighted by Gasteiger charge is -2.31. The summed E-state index contributed by atoms with van der Waals surface area (Å²) < 4.78 is 12.5. The van der Waals surface area contributed by atoms with E-state index < -0.39 is 28.0 Å². The molecule has 11 nitrogen and oxygen atoms in total. The molecule has 11 heteroatoms. The number of amides is 2. The monoisotopic (exact) mass is 537 g/mol. The van der Waals surface area contributed by atoms with Crippen molar-refractivity contribution >= 4 is 44.9 Å². The first-order valence-corrected chi connectivity index (χ1v) is 13.0. The summed E-state index contributed by atoms with van der Waals surface area (Å²) in [4.78, 5) is 39.8. The summed E-state index contributed by atoms with van der Waals surface area (Å²) >= 11 is 0. The number of anilines is 1. The molecule has 3 aliphatic heterocycles. The Morgan fingerprint density at radius 1 is 1.12 bits per heavy atom. The highest BCUT2D eigenvalue weighted by molar-refractivity contribution is 6.26. The van der Waals surface area contributed by atoms with Gasteiger partial charge in [0.1, 0.15) is 0 Å². The number of non-ortho nitro benzene ring substituents is 1. The molecule has 0 radical (unpaired) electrons. The zero-order chi connectivity index (χ0) is 27.8. The second-order valence-electron chi connectivity index (χ2n) is 10.9. The maximum atomic E-state index is 14.0. The van der Waals surface area contributed by atoms with E-state index in [9.17, 15) is 25.0 Å². The zero-order valence-corrected chi connectivity index (χ0v) is 21.4. The molecule has 3 aliphatic rings. The number of nitriles is 1. The fraction of sp³-hybridized carbons (Fsp3) is 0.310. The van der Waals surface area contributed by atoms with Gasteiger partial charge in [0.15, 0.2) is 0 Å². The number of H-pyrrole nitrogens is 1. The minimum absolute atomic E-state index is 0.0544. The van der Waals surface area contributed by atoms with Crippen LogP contribution in [0, 0.1) is 33.3 Å². The van der Waals surface area contributed by atoms with Crippen molar-refractivity contribution in [2.45, 2.75) is 37.4 Å². The lowest BCUT2D eigenvalue weighted by atomic mass is 9.67. The molecule has 2 bridgehead atoms. The van der Waals surface area contributed by atoms with Gasteiger partial charge in [-0.15, -0.1) is 5.10 Å². The summed E-state index contributed by atoms with van der Waals surface area (Å²) in [6.45, 7) is 2.08. The van der Waals surface area contributed by atoms with Crippen molar-refractivity contribution in [3.05, 3.63) is 70.3 Å². The number of fused-ring (bicyclic) bond motifs is 7. The number of aromatic amines is 1. The van der Waals surface area contributed by atoms with Crippen molar-refractivity contribution in [2.24, 2.45) is 11.8 Å². The van der Waals surface area contributed by atoms with Crippen LogP contribution in [0.4, 0.5) is 11.4 Å². The van der Waals surface area contributed by atoms with Crippen LogP contribution >= 0.6 is 0 Å². The highest BCUT2D eigenvalue weighted by Gasteiger charge is 2.73. The topological polar surface area (TPSA) is 151 Å². The van der Waals surface area contributed by atoms with E-state index in [-0.39, 0.29) is 24.1 Å². The first kappa shape index (κ1) is 24.2. The number of rotatable bonds is 6. The minimum atomic E-state index is -0.867. The van der Waals surface area contributed by atoms with Gasteiger partial charge in [0.25, 0.3) is 5.69 Å². The highest BCUT2D eigenvalue weighted by Crippen LogP contribution is 2.62. The maximum Gasteiger partial charge on any atom is 0.271 e. The quantitative estimate of drug-likeness (QED) is 0.216. The number of aromatic nitrogens is 2. The third kappa shape index (κ3) is 3.23. The molecule has 2 amide bonds. The molecular formula is C29H23N5O6. The van der Waals surface area contributed by atoms with Crippen molar-refractivity contribution in [1.82, 2.24) is 10.2 Å². The Kier molecular flexibility index (Phi) is 5.05. The molecule has 4 heterocycles. The first-order valence-electron chi connectivity index (χ1n) is 13.0. The van der Waals surface area contributed by atoms with Crippen LogP contribution in [0.5, 0.6) is 5.88 Å². The average molecular weight is 538 g/mol. The van der Waals surface area contributed by atoms with Gasteiger partial charge in [-0.3, -0.25) is 24.8 Å². The predicted molar refractivity (Wildman–Crippen MR) is 142 cm³/mol. The summed E-state index contributed by atoms with van der Waals surface area (Å²) in [6, 6.07) is 17.1. The van der Waals surface area contributed by atoms with Gasteiger partial charge in [0.05, 0.1) is 62.8 Å². The van der Waals surface area contributed by atoms with E-state index in [1.54, 1.807) is 18.2 Å². The fourth-order valence-electron chi connectivity index (χ4n) is 6.95. The van der Waals surface area contributed by atoms with E-state index in [2.05, 4.69) is 16.3 Å². The third-order valence-electron chi connectivity index (χ3n) is 8.76. The number of nitrogens with zero attached hydrogens (tertiary/aromatic N) is 4. The molecule has 0 unspecified atom stereocenters. The number of ether oxygens (including phenoxy) is 2. The van der Waals surface area contributed by atoms with Crippen LogP contribution < -0.4 is 9.64 Å². The molecule has 0 aliphatic carbocycles. The van der Waals surface area contributed by atoms with Crippen molar-refractivity contribution in [2.75, 3.05) is 11.5 Å². The molecule has 200 valence electrons. The van der Waals surface area contributed by atoms with Crippen LogP contribution in [0.3, 0.4) is 0 Å². The van der Waals surface area contributed by atoms with Crippen LogP contribution in [0.25, 0.3) is 21.7 Å². The zero-order valence-electron chi connectivity index (χ0n) is 21.4. The normalized spacial score (nSPS) is 26.9. The van der Waals surface area contributed by atoms with Gasteiger partial charge in [0, 0.05) is 29.3 Å². The van der Waals surface area contributed by atoms with E-state index in [1.807, 2.05) is 31.2 Å². The Morgan fingerprint density at radius 2 is 1.90 bits per heavy atom. The maximum absolute atomic E-state index is 14.0. The number of hydrogen-bond acceptors (Lipinski definition) is 8. The second-order valence-corrected chi connectivity index (χ2v) is 10.9.